The number of aliphatic hydroxyl groups is 1. The van der Waals surface area contributed by atoms with Crippen LogP contribution < -0.4 is 15.4 Å². The summed E-state index contributed by atoms with van der Waals surface area (Å²) in [5, 5.41) is 16.2. The van der Waals surface area contributed by atoms with Crippen LogP contribution in [0.1, 0.15) is 25.3 Å². The van der Waals surface area contributed by atoms with E-state index < -0.39 is 17.8 Å². The van der Waals surface area contributed by atoms with E-state index in [-0.39, 0.29) is 18.9 Å². The molecule has 1 aromatic rings. The Kier molecular flexibility index (Phi) is 6.92. The van der Waals surface area contributed by atoms with Crippen LogP contribution in [0.3, 0.4) is 0 Å². The SMILES string of the molecule is CCNC(=NCC(O)COc1cccc(C(F)(F)F)c1)NCC1CC1. The summed E-state index contributed by atoms with van der Waals surface area (Å²) < 4.78 is 43.2. The molecule has 0 bridgehead atoms. The van der Waals surface area contributed by atoms with Crippen LogP contribution in [0, 0.1) is 5.92 Å². The first-order chi connectivity index (χ1) is 11.9. The number of halogens is 3. The van der Waals surface area contributed by atoms with E-state index in [1.807, 2.05) is 6.92 Å². The van der Waals surface area contributed by atoms with Gasteiger partial charge in [-0.2, -0.15) is 13.2 Å². The fourth-order valence-corrected chi connectivity index (χ4v) is 2.11. The molecule has 1 aliphatic rings. The first-order valence-electron chi connectivity index (χ1n) is 8.38. The second-order valence-electron chi connectivity index (χ2n) is 6.03. The molecule has 0 spiro atoms. The van der Waals surface area contributed by atoms with Gasteiger partial charge in [0.05, 0.1) is 12.1 Å². The predicted molar refractivity (Wildman–Crippen MR) is 89.7 cm³/mol. The van der Waals surface area contributed by atoms with Crippen molar-refractivity contribution in [1.29, 1.82) is 0 Å². The number of benzene rings is 1. The molecule has 1 aliphatic carbocycles. The van der Waals surface area contributed by atoms with E-state index in [2.05, 4.69) is 15.6 Å². The van der Waals surface area contributed by atoms with Crippen LogP contribution in [-0.4, -0.2) is 43.4 Å². The number of alkyl halides is 3. The van der Waals surface area contributed by atoms with Crippen molar-refractivity contribution in [3.8, 4) is 5.75 Å². The minimum atomic E-state index is -4.42. The molecule has 0 aliphatic heterocycles. The third-order valence-electron chi connectivity index (χ3n) is 3.66. The van der Waals surface area contributed by atoms with Gasteiger partial charge in [0, 0.05) is 13.1 Å². The van der Waals surface area contributed by atoms with Gasteiger partial charge in [0.15, 0.2) is 5.96 Å². The molecular formula is C17H24F3N3O2. The van der Waals surface area contributed by atoms with Gasteiger partial charge < -0.3 is 20.5 Å². The summed E-state index contributed by atoms with van der Waals surface area (Å²) in [6.07, 6.45) is -2.89. The highest BCUT2D eigenvalue weighted by molar-refractivity contribution is 5.79. The molecule has 0 saturated heterocycles. The monoisotopic (exact) mass is 359 g/mol. The van der Waals surface area contributed by atoms with Gasteiger partial charge in [0.25, 0.3) is 0 Å². The predicted octanol–water partition coefficient (Wildman–Crippen LogP) is 2.41. The van der Waals surface area contributed by atoms with Crippen molar-refractivity contribution in [2.24, 2.45) is 10.9 Å². The number of nitrogens with one attached hydrogen (secondary N) is 2. The number of nitrogens with zero attached hydrogens (tertiary/aromatic N) is 1. The van der Waals surface area contributed by atoms with E-state index in [9.17, 15) is 18.3 Å². The third-order valence-corrected chi connectivity index (χ3v) is 3.66. The van der Waals surface area contributed by atoms with Crippen molar-refractivity contribution in [2.45, 2.75) is 32.0 Å². The van der Waals surface area contributed by atoms with Crippen molar-refractivity contribution in [3.63, 3.8) is 0 Å². The van der Waals surface area contributed by atoms with Crippen molar-refractivity contribution in [1.82, 2.24) is 10.6 Å². The van der Waals surface area contributed by atoms with E-state index in [1.165, 1.54) is 25.0 Å². The first-order valence-corrected chi connectivity index (χ1v) is 8.38. The highest BCUT2D eigenvalue weighted by atomic mass is 19.4. The Morgan fingerprint density at radius 3 is 2.76 bits per heavy atom. The van der Waals surface area contributed by atoms with Crippen LogP contribution in [0.2, 0.25) is 0 Å². The third kappa shape index (κ3) is 7.21. The number of hydrogen-bond acceptors (Lipinski definition) is 3. The fourth-order valence-electron chi connectivity index (χ4n) is 2.11. The van der Waals surface area contributed by atoms with Crippen LogP contribution in [0.5, 0.6) is 5.75 Å². The number of hydrogen-bond donors (Lipinski definition) is 3. The second-order valence-corrected chi connectivity index (χ2v) is 6.03. The van der Waals surface area contributed by atoms with Gasteiger partial charge in [0.2, 0.25) is 0 Å². The number of ether oxygens (including phenoxy) is 1. The van der Waals surface area contributed by atoms with Crippen LogP contribution in [0.15, 0.2) is 29.3 Å². The molecule has 1 aromatic carbocycles. The van der Waals surface area contributed by atoms with Crippen LogP contribution in [0.25, 0.3) is 0 Å². The molecule has 1 atom stereocenters. The van der Waals surface area contributed by atoms with Gasteiger partial charge in [0.1, 0.15) is 18.5 Å². The maximum atomic E-state index is 12.6. The molecule has 1 unspecified atom stereocenters. The Labute approximate surface area is 145 Å². The van der Waals surface area contributed by atoms with E-state index >= 15 is 0 Å². The van der Waals surface area contributed by atoms with E-state index in [4.69, 9.17) is 4.74 Å². The summed E-state index contributed by atoms with van der Waals surface area (Å²) in [6.45, 7) is 3.46. The van der Waals surface area contributed by atoms with Crippen LogP contribution >= 0.6 is 0 Å². The lowest BCUT2D eigenvalue weighted by molar-refractivity contribution is -0.137. The molecule has 0 aromatic heterocycles. The molecule has 0 amide bonds. The average molecular weight is 359 g/mol. The average Bonchev–Trinajstić information content (AvgIpc) is 3.39. The molecule has 8 heteroatoms. The lowest BCUT2D eigenvalue weighted by atomic mass is 10.2. The largest absolute Gasteiger partial charge is 0.491 e. The number of guanidine groups is 1. The van der Waals surface area contributed by atoms with Gasteiger partial charge in [-0.15, -0.1) is 0 Å². The van der Waals surface area contributed by atoms with Gasteiger partial charge in [-0.05, 0) is 43.9 Å². The standard InChI is InChI=1S/C17H24F3N3O2/c1-2-21-16(22-9-12-6-7-12)23-10-14(24)11-25-15-5-3-4-13(8-15)17(18,19)20/h3-5,8,12,14,24H,2,6-7,9-11H2,1H3,(H2,21,22,23). The van der Waals surface area contributed by atoms with Crippen molar-refractivity contribution < 1.29 is 23.0 Å². The lowest BCUT2D eigenvalue weighted by Gasteiger charge is -2.14. The molecule has 0 heterocycles. The zero-order valence-electron chi connectivity index (χ0n) is 14.1. The van der Waals surface area contributed by atoms with E-state index in [0.717, 1.165) is 18.7 Å². The number of rotatable bonds is 8. The van der Waals surface area contributed by atoms with Gasteiger partial charge >= 0.3 is 6.18 Å². The topological polar surface area (TPSA) is 65.9 Å². The van der Waals surface area contributed by atoms with Crippen LogP contribution in [-0.2, 0) is 6.18 Å². The van der Waals surface area contributed by atoms with Crippen molar-refractivity contribution in [2.75, 3.05) is 26.2 Å². The fraction of sp³-hybridized carbons (Fsp3) is 0.588. The van der Waals surface area contributed by atoms with Gasteiger partial charge in [-0.25, -0.2) is 0 Å². The first kappa shape index (κ1) is 19.4. The van der Waals surface area contributed by atoms with Gasteiger partial charge in [-0.3, -0.25) is 4.99 Å². The highest BCUT2D eigenvalue weighted by Gasteiger charge is 2.30. The Morgan fingerprint density at radius 1 is 1.36 bits per heavy atom. The Hall–Kier alpha value is -1.96. The van der Waals surface area contributed by atoms with E-state index in [0.29, 0.717) is 18.4 Å². The summed E-state index contributed by atoms with van der Waals surface area (Å²) in [5.74, 6) is 1.38. The summed E-state index contributed by atoms with van der Waals surface area (Å²) in [6, 6.07) is 4.58. The minimum Gasteiger partial charge on any atom is -0.491 e. The summed E-state index contributed by atoms with van der Waals surface area (Å²) in [7, 11) is 0. The number of aliphatic hydroxyl groups excluding tert-OH is 1. The van der Waals surface area contributed by atoms with Crippen molar-refractivity contribution in [3.05, 3.63) is 29.8 Å². The molecule has 1 fully saturated rings. The van der Waals surface area contributed by atoms with E-state index in [1.54, 1.807) is 0 Å². The molecule has 5 nitrogen and oxygen atoms in total. The smallest absolute Gasteiger partial charge is 0.416 e. The van der Waals surface area contributed by atoms with Crippen LogP contribution in [0.4, 0.5) is 13.2 Å². The maximum Gasteiger partial charge on any atom is 0.416 e. The van der Waals surface area contributed by atoms with Gasteiger partial charge in [-0.1, -0.05) is 6.07 Å². The molecule has 0 radical (unpaired) electrons. The quantitative estimate of drug-likeness (QED) is 0.493. The molecule has 2 rings (SSSR count). The zero-order valence-corrected chi connectivity index (χ0v) is 14.1. The summed E-state index contributed by atoms with van der Waals surface area (Å²) in [4.78, 5) is 4.27. The molecule has 1 saturated carbocycles. The maximum absolute atomic E-state index is 12.6. The summed E-state index contributed by atoms with van der Waals surface area (Å²) in [5.41, 5.74) is -0.781. The minimum absolute atomic E-state index is 0.0663. The van der Waals surface area contributed by atoms with Crippen molar-refractivity contribution >= 4 is 5.96 Å². The molecule has 25 heavy (non-hydrogen) atoms. The Balaban J connectivity index is 1.80. The molecule has 3 N–H and O–H groups in total. The Bertz CT molecular complexity index is 575. The zero-order chi connectivity index (χ0) is 18.3. The molecule has 140 valence electrons. The Morgan fingerprint density at radius 2 is 2.12 bits per heavy atom. The lowest BCUT2D eigenvalue weighted by Crippen LogP contribution is -2.39. The summed E-state index contributed by atoms with van der Waals surface area (Å²) >= 11 is 0. The normalized spacial score (nSPS) is 16.4. The number of aliphatic imine (C=N–C) groups is 1. The second kappa shape index (κ2) is 8.94. The molecular weight excluding hydrogens is 335 g/mol. The highest BCUT2D eigenvalue weighted by Crippen LogP contribution is 2.31.